The molecule has 0 radical (unpaired) electrons. The lowest BCUT2D eigenvalue weighted by molar-refractivity contribution is 0.0702. The van der Waals surface area contributed by atoms with Crippen LogP contribution in [0.15, 0.2) is 29.2 Å². The maximum atomic E-state index is 10.9. The molecule has 0 unspecified atom stereocenters. The summed E-state index contributed by atoms with van der Waals surface area (Å²) in [5, 5.41) is 8.97. The number of carbonyl (C=O) groups is 1. The number of hydrogen-bond acceptors (Lipinski definition) is 4. The summed E-state index contributed by atoms with van der Waals surface area (Å²) in [6, 6.07) is 7.61. The molecule has 0 saturated carbocycles. The Balaban J connectivity index is 2.12. The Hall–Kier alpha value is -1.46. The fourth-order valence-corrected chi connectivity index (χ4v) is 3.79. The summed E-state index contributed by atoms with van der Waals surface area (Å²) in [6.45, 7) is 3.99. The van der Waals surface area contributed by atoms with Gasteiger partial charge in [0.15, 0.2) is 0 Å². The normalized spacial score (nSPS) is 10.6. The fraction of sp³-hybridized carbons (Fsp3) is 0.214. The van der Waals surface area contributed by atoms with E-state index in [4.69, 9.17) is 10.8 Å². The monoisotopic (exact) mass is 293 g/mol. The van der Waals surface area contributed by atoms with Gasteiger partial charge in [0.1, 0.15) is 4.88 Å². The molecule has 1 aromatic heterocycles. The Morgan fingerprint density at radius 2 is 2.11 bits per heavy atom. The van der Waals surface area contributed by atoms with Crippen molar-refractivity contribution >= 4 is 34.8 Å². The molecule has 5 heteroatoms. The second-order valence-corrected chi connectivity index (χ2v) is 6.58. The Kier molecular flexibility index (Phi) is 4.17. The van der Waals surface area contributed by atoms with Crippen molar-refractivity contribution in [3.05, 3.63) is 45.1 Å². The molecule has 0 fully saturated rings. The molecular formula is C14H15NO2S2. The number of thiophene rings is 1. The molecule has 0 aliphatic heterocycles. The summed E-state index contributed by atoms with van der Waals surface area (Å²) in [4.78, 5) is 13.6. The molecule has 0 aliphatic rings. The van der Waals surface area contributed by atoms with Gasteiger partial charge in [0.2, 0.25) is 0 Å². The van der Waals surface area contributed by atoms with Crippen molar-refractivity contribution in [2.75, 3.05) is 5.73 Å². The predicted molar refractivity (Wildman–Crippen MR) is 81.2 cm³/mol. The van der Waals surface area contributed by atoms with Gasteiger partial charge in [-0.3, -0.25) is 0 Å². The quantitative estimate of drug-likeness (QED) is 0.662. The minimum atomic E-state index is -0.854. The molecule has 1 heterocycles. The van der Waals surface area contributed by atoms with Crippen LogP contribution in [0.4, 0.5) is 5.69 Å². The maximum Gasteiger partial charge on any atom is 0.345 e. The first-order valence-electron chi connectivity index (χ1n) is 5.79. The highest BCUT2D eigenvalue weighted by Gasteiger charge is 2.11. The molecule has 3 N–H and O–H groups in total. The maximum absolute atomic E-state index is 10.9. The molecule has 0 aliphatic carbocycles. The van der Waals surface area contributed by atoms with Gasteiger partial charge < -0.3 is 10.8 Å². The van der Waals surface area contributed by atoms with E-state index >= 15 is 0 Å². The van der Waals surface area contributed by atoms with Gasteiger partial charge in [0.05, 0.1) is 0 Å². The number of nitrogens with two attached hydrogens (primary N) is 1. The van der Waals surface area contributed by atoms with Crippen LogP contribution >= 0.6 is 23.1 Å². The number of carboxylic acids is 1. The van der Waals surface area contributed by atoms with Gasteiger partial charge in [-0.15, -0.1) is 23.1 Å². The highest BCUT2D eigenvalue weighted by molar-refractivity contribution is 7.98. The first-order chi connectivity index (χ1) is 8.97. The molecule has 2 aromatic rings. The Morgan fingerprint density at radius 1 is 1.37 bits per heavy atom. The van der Waals surface area contributed by atoms with E-state index in [1.54, 1.807) is 17.8 Å². The largest absolute Gasteiger partial charge is 0.477 e. The van der Waals surface area contributed by atoms with Crippen molar-refractivity contribution in [3.8, 4) is 0 Å². The van der Waals surface area contributed by atoms with Gasteiger partial charge in [0, 0.05) is 21.2 Å². The lowest BCUT2D eigenvalue weighted by Crippen LogP contribution is -1.90. The molecule has 3 nitrogen and oxygen atoms in total. The third-order valence-corrected chi connectivity index (χ3v) is 5.12. The van der Waals surface area contributed by atoms with Crippen LogP contribution in [0.25, 0.3) is 0 Å². The molecule has 2 rings (SSSR count). The van der Waals surface area contributed by atoms with Crippen molar-refractivity contribution in [2.24, 2.45) is 0 Å². The second kappa shape index (κ2) is 5.67. The molecule has 1 aromatic carbocycles. The zero-order valence-electron chi connectivity index (χ0n) is 10.8. The van der Waals surface area contributed by atoms with Crippen LogP contribution in [0.5, 0.6) is 0 Å². The number of aromatic carboxylic acids is 1. The minimum absolute atomic E-state index is 0.405. The SMILES string of the molecule is Cc1cc(N)ccc1SCc1cc(C(=O)O)sc1C. The highest BCUT2D eigenvalue weighted by atomic mass is 32.2. The van der Waals surface area contributed by atoms with E-state index in [0.717, 1.165) is 27.4 Å². The molecule has 0 bridgehead atoms. The number of hydrogen-bond donors (Lipinski definition) is 2. The van der Waals surface area contributed by atoms with Crippen LogP contribution < -0.4 is 5.73 Å². The van der Waals surface area contributed by atoms with Gasteiger partial charge in [0.25, 0.3) is 0 Å². The molecular weight excluding hydrogens is 278 g/mol. The number of benzene rings is 1. The van der Waals surface area contributed by atoms with Crippen LogP contribution in [-0.2, 0) is 5.75 Å². The van der Waals surface area contributed by atoms with E-state index in [1.807, 2.05) is 32.0 Å². The van der Waals surface area contributed by atoms with E-state index in [1.165, 1.54) is 16.2 Å². The zero-order chi connectivity index (χ0) is 14.0. The van der Waals surface area contributed by atoms with Crippen molar-refractivity contribution in [1.29, 1.82) is 0 Å². The number of anilines is 1. The Morgan fingerprint density at radius 3 is 2.68 bits per heavy atom. The minimum Gasteiger partial charge on any atom is -0.477 e. The van der Waals surface area contributed by atoms with Crippen molar-refractivity contribution in [2.45, 2.75) is 24.5 Å². The summed E-state index contributed by atoms with van der Waals surface area (Å²) in [5.74, 6) is -0.0755. The van der Waals surface area contributed by atoms with Crippen LogP contribution in [0.3, 0.4) is 0 Å². The van der Waals surface area contributed by atoms with Crippen LogP contribution in [0.1, 0.15) is 25.7 Å². The summed E-state index contributed by atoms with van der Waals surface area (Å²) in [7, 11) is 0. The summed E-state index contributed by atoms with van der Waals surface area (Å²) in [6.07, 6.45) is 0. The molecule has 19 heavy (non-hydrogen) atoms. The number of rotatable bonds is 4. The lowest BCUT2D eigenvalue weighted by atomic mass is 10.2. The number of thioether (sulfide) groups is 1. The average Bonchev–Trinajstić information content (AvgIpc) is 2.70. The van der Waals surface area contributed by atoms with E-state index in [0.29, 0.717) is 4.88 Å². The van der Waals surface area contributed by atoms with Gasteiger partial charge in [-0.2, -0.15) is 0 Å². The summed E-state index contributed by atoms with van der Waals surface area (Å²) in [5.41, 5.74) is 8.72. The van der Waals surface area contributed by atoms with Crippen molar-refractivity contribution in [3.63, 3.8) is 0 Å². The smallest absolute Gasteiger partial charge is 0.345 e. The zero-order valence-corrected chi connectivity index (χ0v) is 12.4. The van der Waals surface area contributed by atoms with Gasteiger partial charge in [-0.1, -0.05) is 0 Å². The predicted octanol–water partition coefficient (Wildman–Crippen LogP) is 3.94. The summed E-state index contributed by atoms with van der Waals surface area (Å²) >= 11 is 3.04. The van der Waals surface area contributed by atoms with Crippen LogP contribution in [-0.4, -0.2) is 11.1 Å². The third-order valence-electron chi connectivity index (χ3n) is 2.81. The van der Waals surface area contributed by atoms with E-state index in [9.17, 15) is 4.79 Å². The number of carboxylic acid groups (broad SMARTS) is 1. The van der Waals surface area contributed by atoms with Gasteiger partial charge >= 0.3 is 5.97 Å². The van der Waals surface area contributed by atoms with E-state index in [2.05, 4.69) is 0 Å². The fourth-order valence-electron chi connectivity index (χ4n) is 1.76. The number of nitrogen functional groups attached to an aromatic ring is 1. The Bertz CT molecular complexity index is 620. The van der Waals surface area contributed by atoms with Crippen LogP contribution in [0, 0.1) is 13.8 Å². The number of aryl methyl sites for hydroxylation is 2. The average molecular weight is 293 g/mol. The topological polar surface area (TPSA) is 63.3 Å². The first-order valence-corrected chi connectivity index (χ1v) is 7.59. The van der Waals surface area contributed by atoms with Crippen LogP contribution in [0.2, 0.25) is 0 Å². The molecule has 100 valence electrons. The van der Waals surface area contributed by atoms with Crippen molar-refractivity contribution in [1.82, 2.24) is 0 Å². The third kappa shape index (κ3) is 3.30. The molecule has 0 amide bonds. The molecule has 0 saturated heterocycles. The summed E-state index contributed by atoms with van der Waals surface area (Å²) < 4.78 is 0. The highest BCUT2D eigenvalue weighted by Crippen LogP contribution is 2.31. The van der Waals surface area contributed by atoms with Gasteiger partial charge in [-0.25, -0.2) is 4.79 Å². The standard InChI is InChI=1S/C14H15NO2S2/c1-8-5-11(15)3-4-12(8)18-7-10-6-13(14(16)17)19-9(10)2/h3-6H,7,15H2,1-2H3,(H,16,17). The first kappa shape index (κ1) is 14.0. The Labute approximate surface area is 120 Å². The van der Waals surface area contributed by atoms with E-state index in [-0.39, 0.29) is 0 Å². The van der Waals surface area contributed by atoms with E-state index < -0.39 is 5.97 Å². The van der Waals surface area contributed by atoms with Crippen molar-refractivity contribution < 1.29 is 9.90 Å². The molecule has 0 atom stereocenters. The molecule has 0 spiro atoms. The van der Waals surface area contributed by atoms with Gasteiger partial charge in [-0.05, 0) is 49.2 Å². The lowest BCUT2D eigenvalue weighted by Gasteiger charge is -2.06. The second-order valence-electron chi connectivity index (χ2n) is 4.31.